The van der Waals surface area contributed by atoms with Gasteiger partial charge in [0.15, 0.2) is 5.69 Å². The van der Waals surface area contributed by atoms with Gasteiger partial charge in [0.1, 0.15) is 17.7 Å². The number of aromatic amines is 1. The van der Waals surface area contributed by atoms with Crippen LogP contribution in [0.15, 0.2) is 4.79 Å². The van der Waals surface area contributed by atoms with Gasteiger partial charge >= 0.3 is 6.18 Å². The van der Waals surface area contributed by atoms with E-state index in [0.717, 1.165) is 19.3 Å². The molecule has 2 N–H and O–H groups in total. The summed E-state index contributed by atoms with van der Waals surface area (Å²) in [6.07, 6.45) is -1.19. The predicted octanol–water partition coefficient (Wildman–Crippen LogP) is 3.10. The summed E-state index contributed by atoms with van der Waals surface area (Å²) in [4.78, 5) is 24.7. The Bertz CT molecular complexity index is 759. The summed E-state index contributed by atoms with van der Waals surface area (Å²) in [5.41, 5.74) is -4.18. The van der Waals surface area contributed by atoms with Crippen LogP contribution in [0.5, 0.6) is 0 Å². The molecular formula is C17H23F3N4O2. The number of carbonyl (C=O) groups excluding carboxylic acids is 1. The summed E-state index contributed by atoms with van der Waals surface area (Å²) in [6, 6.07) is 0.0981. The third kappa shape index (κ3) is 4.29. The van der Waals surface area contributed by atoms with Crippen LogP contribution < -0.4 is 10.9 Å². The first kappa shape index (κ1) is 20.1. The van der Waals surface area contributed by atoms with Crippen molar-refractivity contribution in [3.8, 4) is 6.07 Å². The lowest BCUT2D eigenvalue weighted by atomic mass is 9.83. The number of nitrogens with one attached hydrogen (secondary N) is 2. The van der Waals surface area contributed by atoms with E-state index in [9.17, 15) is 22.8 Å². The topological polar surface area (TPSA) is 90.7 Å². The minimum atomic E-state index is -4.93. The molecule has 1 heterocycles. The summed E-state index contributed by atoms with van der Waals surface area (Å²) in [5, 5.41) is 13.8. The van der Waals surface area contributed by atoms with Crippen molar-refractivity contribution in [2.24, 2.45) is 5.92 Å². The second-order valence-electron chi connectivity index (χ2n) is 7.73. The monoisotopic (exact) mass is 372 g/mol. The standard InChI is InChI=1S/C17H23F3N4O2/c1-16(2,3)22-15(26)12(10-7-5-4-6-8-10)24-13(17(18,19)20)11(9-21)14(25)23-24/h10,12H,4-8H2,1-3H3,(H,22,26)(H,23,25). The Labute approximate surface area is 149 Å². The number of hydrogen-bond acceptors (Lipinski definition) is 3. The molecule has 1 saturated carbocycles. The lowest BCUT2D eigenvalue weighted by molar-refractivity contribution is -0.147. The molecule has 0 bridgehead atoms. The Kier molecular flexibility index (Phi) is 5.54. The molecule has 144 valence electrons. The van der Waals surface area contributed by atoms with Gasteiger partial charge in [0.05, 0.1) is 0 Å². The Morgan fingerprint density at radius 1 is 1.27 bits per heavy atom. The van der Waals surface area contributed by atoms with Gasteiger partial charge in [0.2, 0.25) is 5.91 Å². The van der Waals surface area contributed by atoms with Gasteiger partial charge in [-0.15, -0.1) is 0 Å². The van der Waals surface area contributed by atoms with Crippen molar-refractivity contribution < 1.29 is 18.0 Å². The molecule has 1 amide bonds. The van der Waals surface area contributed by atoms with Gasteiger partial charge < -0.3 is 5.32 Å². The van der Waals surface area contributed by atoms with Crippen molar-refractivity contribution >= 4 is 5.91 Å². The Morgan fingerprint density at radius 3 is 2.31 bits per heavy atom. The molecule has 0 aliphatic heterocycles. The van der Waals surface area contributed by atoms with E-state index in [1.165, 1.54) is 6.07 Å². The number of hydrogen-bond donors (Lipinski definition) is 2. The number of alkyl halides is 3. The van der Waals surface area contributed by atoms with Crippen LogP contribution >= 0.6 is 0 Å². The molecule has 6 nitrogen and oxygen atoms in total. The van der Waals surface area contributed by atoms with Gasteiger partial charge in [-0.2, -0.15) is 18.4 Å². The number of H-pyrrole nitrogens is 1. The number of carbonyl (C=O) groups is 1. The van der Waals surface area contributed by atoms with Gasteiger partial charge in [-0.25, -0.2) is 0 Å². The highest BCUT2D eigenvalue weighted by Crippen LogP contribution is 2.38. The van der Waals surface area contributed by atoms with Crippen molar-refractivity contribution in [1.29, 1.82) is 5.26 Å². The average Bonchev–Trinajstić information content (AvgIpc) is 2.83. The molecule has 2 rings (SSSR count). The molecule has 1 aromatic rings. The fraction of sp³-hybridized carbons (Fsp3) is 0.706. The zero-order valence-corrected chi connectivity index (χ0v) is 15.0. The second-order valence-corrected chi connectivity index (χ2v) is 7.73. The molecule has 1 aromatic heterocycles. The summed E-state index contributed by atoms with van der Waals surface area (Å²) >= 11 is 0. The van der Waals surface area contributed by atoms with E-state index in [4.69, 9.17) is 5.26 Å². The van der Waals surface area contributed by atoms with Crippen LogP contribution in [-0.4, -0.2) is 21.2 Å². The zero-order chi connectivity index (χ0) is 19.7. The largest absolute Gasteiger partial charge is 0.434 e. The number of nitriles is 1. The van der Waals surface area contributed by atoms with Crippen LogP contribution in [0.3, 0.4) is 0 Å². The van der Waals surface area contributed by atoms with E-state index in [1.807, 2.05) is 0 Å². The fourth-order valence-electron chi connectivity index (χ4n) is 3.48. The normalized spacial score (nSPS) is 17.6. The zero-order valence-electron chi connectivity index (χ0n) is 15.0. The lowest BCUT2D eigenvalue weighted by Gasteiger charge is -2.33. The molecule has 1 unspecified atom stereocenters. The number of amides is 1. The van der Waals surface area contributed by atoms with Crippen LogP contribution in [0.4, 0.5) is 13.2 Å². The van der Waals surface area contributed by atoms with Crippen LogP contribution in [0.1, 0.15) is 70.2 Å². The quantitative estimate of drug-likeness (QED) is 0.854. The third-order valence-corrected chi connectivity index (χ3v) is 4.45. The van der Waals surface area contributed by atoms with E-state index in [1.54, 1.807) is 20.8 Å². The molecular weight excluding hydrogens is 349 g/mol. The van der Waals surface area contributed by atoms with Crippen molar-refractivity contribution in [3.63, 3.8) is 0 Å². The summed E-state index contributed by atoms with van der Waals surface area (Å²) in [7, 11) is 0. The number of rotatable bonds is 3. The Balaban J connectivity index is 2.61. The van der Waals surface area contributed by atoms with E-state index in [0.29, 0.717) is 17.5 Å². The molecule has 0 radical (unpaired) electrons. The van der Waals surface area contributed by atoms with Crippen LogP contribution in [0.2, 0.25) is 0 Å². The minimum Gasteiger partial charge on any atom is -0.350 e. The first-order valence-electron chi connectivity index (χ1n) is 8.59. The average molecular weight is 372 g/mol. The highest BCUT2D eigenvalue weighted by Gasteiger charge is 2.44. The molecule has 0 aromatic carbocycles. The number of aromatic nitrogens is 2. The molecule has 26 heavy (non-hydrogen) atoms. The maximum atomic E-state index is 13.6. The molecule has 1 fully saturated rings. The highest BCUT2D eigenvalue weighted by atomic mass is 19.4. The smallest absolute Gasteiger partial charge is 0.350 e. The Morgan fingerprint density at radius 2 is 1.85 bits per heavy atom. The third-order valence-electron chi connectivity index (χ3n) is 4.45. The summed E-state index contributed by atoms with van der Waals surface area (Å²) in [6.45, 7) is 5.19. The van der Waals surface area contributed by atoms with E-state index in [-0.39, 0.29) is 5.92 Å². The molecule has 1 aliphatic rings. The van der Waals surface area contributed by atoms with Crippen LogP contribution in [0, 0.1) is 17.2 Å². The highest BCUT2D eigenvalue weighted by molar-refractivity contribution is 5.81. The summed E-state index contributed by atoms with van der Waals surface area (Å²) in [5.74, 6) is -0.938. The van der Waals surface area contributed by atoms with Crippen molar-refractivity contribution in [2.75, 3.05) is 0 Å². The number of nitrogens with zero attached hydrogens (tertiary/aromatic N) is 2. The minimum absolute atomic E-state index is 0.346. The predicted molar refractivity (Wildman–Crippen MR) is 88.3 cm³/mol. The Hall–Kier alpha value is -2.24. The van der Waals surface area contributed by atoms with Crippen molar-refractivity contribution in [2.45, 2.75) is 70.6 Å². The van der Waals surface area contributed by atoms with Gasteiger partial charge in [0.25, 0.3) is 5.56 Å². The molecule has 9 heteroatoms. The maximum Gasteiger partial charge on any atom is 0.434 e. The van der Waals surface area contributed by atoms with Gasteiger partial charge in [-0.1, -0.05) is 19.3 Å². The van der Waals surface area contributed by atoms with Gasteiger partial charge in [0, 0.05) is 5.54 Å². The van der Waals surface area contributed by atoms with Crippen molar-refractivity contribution in [3.05, 3.63) is 21.6 Å². The van der Waals surface area contributed by atoms with Gasteiger partial charge in [-0.3, -0.25) is 19.4 Å². The van der Waals surface area contributed by atoms with Crippen LogP contribution in [0.25, 0.3) is 0 Å². The number of halogens is 3. The fourth-order valence-corrected chi connectivity index (χ4v) is 3.48. The molecule has 1 aliphatic carbocycles. The molecule has 1 atom stereocenters. The van der Waals surface area contributed by atoms with E-state index < -0.39 is 40.5 Å². The van der Waals surface area contributed by atoms with E-state index in [2.05, 4.69) is 10.4 Å². The summed E-state index contributed by atoms with van der Waals surface area (Å²) < 4.78 is 41.3. The maximum absolute atomic E-state index is 13.6. The first-order valence-corrected chi connectivity index (χ1v) is 8.59. The van der Waals surface area contributed by atoms with Gasteiger partial charge in [-0.05, 0) is 39.5 Å². The lowest BCUT2D eigenvalue weighted by Crippen LogP contribution is -2.47. The SMILES string of the molecule is CC(C)(C)NC(=O)C(C1CCCCC1)n1[nH]c(=O)c(C#N)c1C(F)(F)F. The van der Waals surface area contributed by atoms with Crippen molar-refractivity contribution in [1.82, 2.24) is 15.1 Å². The van der Waals surface area contributed by atoms with Crippen LogP contribution in [-0.2, 0) is 11.0 Å². The second kappa shape index (κ2) is 7.17. The van der Waals surface area contributed by atoms with E-state index >= 15 is 0 Å². The molecule has 0 spiro atoms. The molecule has 0 saturated heterocycles. The first-order chi connectivity index (χ1) is 12.0.